The third-order valence-electron chi connectivity index (χ3n) is 2.33. The number of nitrogens with zero attached hydrogens (tertiary/aromatic N) is 7. The molecule has 1 aromatic rings. The van der Waals surface area contributed by atoms with E-state index in [2.05, 4.69) is 15.4 Å². The summed E-state index contributed by atoms with van der Waals surface area (Å²) in [5, 5.41) is 38.3. The van der Waals surface area contributed by atoms with E-state index >= 15 is 0 Å². The molecule has 0 aromatic carbocycles. The molecule has 0 spiro atoms. The summed E-state index contributed by atoms with van der Waals surface area (Å²) >= 11 is 0. The van der Waals surface area contributed by atoms with Gasteiger partial charge in [0.05, 0.1) is 19.2 Å². The van der Waals surface area contributed by atoms with Crippen LogP contribution >= 0.6 is 0 Å². The number of hydrogen-bond acceptors (Lipinski definition) is 7. The first-order valence-corrected chi connectivity index (χ1v) is 5.55. The van der Waals surface area contributed by atoms with Gasteiger partial charge in [-0.3, -0.25) is 4.90 Å². The van der Waals surface area contributed by atoms with Gasteiger partial charge in [0.25, 0.3) is 0 Å². The third-order valence-corrected chi connectivity index (χ3v) is 2.33. The zero-order valence-electron chi connectivity index (χ0n) is 10.2. The quantitative estimate of drug-likeness (QED) is 0.684. The molecule has 1 N–H and O–H groups in total. The summed E-state index contributed by atoms with van der Waals surface area (Å²) in [6, 6.07) is 4.08. The Kier molecular flexibility index (Phi) is 5.71. The standard InChI is InChI=1S/C10H15N7O/c1-16-14-10(13-15-16)9(18)8-17(6-2-4-11)7-3-5-12/h9,18H,2-3,6-8H2,1H3. The van der Waals surface area contributed by atoms with E-state index in [1.54, 1.807) is 7.05 Å². The first kappa shape index (κ1) is 14.0. The van der Waals surface area contributed by atoms with E-state index in [4.69, 9.17) is 10.5 Å². The molecule has 96 valence electrons. The van der Waals surface area contributed by atoms with Crippen LogP contribution in [0.25, 0.3) is 0 Å². The van der Waals surface area contributed by atoms with Crippen LogP contribution in [0.2, 0.25) is 0 Å². The van der Waals surface area contributed by atoms with Crippen molar-refractivity contribution < 1.29 is 5.11 Å². The average Bonchev–Trinajstić information content (AvgIpc) is 2.79. The van der Waals surface area contributed by atoms with Crippen molar-refractivity contribution in [2.45, 2.75) is 18.9 Å². The molecule has 0 saturated carbocycles. The molecule has 8 nitrogen and oxygen atoms in total. The fourth-order valence-corrected chi connectivity index (χ4v) is 1.47. The molecule has 0 radical (unpaired) electrons. The van der Waals surface area contributed by atoms with Crippen molar-refractivity contribution in [1.29, 1.82) is 10.5 Å². The highest BCUT2D eigenvalue weighted by Crippen LogP contribution is 2.08. The lowest BCUT2D eigenvalue weighted by molar-refractivity contribution is 0.108. The molecule has 0 aliphatic rings. The number of nitriles is 2. The summed E-state index contributed by atoms with van der Waals surface area (Å²) < 4.78 is 0. The molecule has 8 heteroatoms. The lowest BCUT2D eigenvalue weighted by Gasteiger charge is -2.21. The summed E-state index contributed by atoms with van der Waals surface area (Å²) in [6.45, 7) is 1.31. The van der Waals surface area contributed by atoms with Gasteiger partial charge in [-0.05, 0) is 5.21 Å². The molecule has 0 amide bonds. The predicted octanol–water partition coefficient (Wildman–Crippen LogP) is -0.627. The number of aliphatic hydroxyl groups excluding tert-OH is 1. The maximum Gasteiger partial charge on any atom is 0.204 e. The molecule has 0 saturated heterocycles. The van der Waals surface area contributed by atoms with Gasteiger partial charge in [0.2, 0.25) is 5.82 Å². The fraction of sp³-hybridized carbons (Fsp3) is 0.700. The summed E-state index contributed by atoms with van der Waals surface area (Å²) in [4.78, 5) is 3.11. The van der Waals surface area contributed by atoms with E-state index < -0.39 is 6.10 Å². The van der Waals surface area contributed by atoms with Crippen LogP contribution in [0, 0.1) is 22.7 Å². The highest BCUT2D eigenvalue weighted by atomic mass is 16.3. The zero-order chi connectivity index (χ0) is 13.4. The molecule has 1 rings (SSSR count). The molecule has 1 heterocycles. The molecule has 1 unspecified atom stereocenters. The van der Waals surface area contributed by atoms with E-state index in [-0.39, 0.29) is 12.4 Å². The van der Waals surface area contributed by atoms with Gasteiger partial charge in [-0.2, -0.15) is 15.3 Å². The van der Waals surface area contributed by atoms with Crippen molar-refractivity contribution >= 4 is 0 Å². The predicted molar refractivity (Wildman–Crippen MR) is 60.7 cm³/mol. The highest BCUT2D eigenvalue weighted by molar-refractivity contribution is 4.87. The third kappa shape index (κ3) is 4.45. The lowest BCUT2D eigenvalue weighted by atomic mass is 10.2. The Morgan fingerprint density at radius 1 is 1.33 bits per heavy atom. The van der Waals surface area contributed by atoms with E-state index in [0.717, 1.165) is 0 Å². The van der Waals surface area contributed by atoms with Crippen molar-refractivity contribution in [2.75, 3.05) is 19.6 Å². The first-order chi connectivity index (χ1) is 8.67. The number of aryl methyl sites for hydroxylation is 1. The number of tetrazole rings is 1. The van der Waals surface area contributed by atoms with Crippen LogP contribution in [0.1, 0.15) is 24.8 Å². The summed E-state index contributed by atoms with van der Waals surface area (Å²) in [6.07, 6.45) is -0.158. The summed E-state index contributed by atoms with van der Waals surface area (Å²) in [7, 11) is 1.62. The molecule has 0 aliphatic carbocycles. The molecular weight excluding hydrogens is 234 g/mol. The van der Waals surface area contributed by atoms with Gasteiger partial charge in [-0.25, -0.2) is 0 Å². The second-order valence-corrected chi connectivity index (χ2v) is 3.77. The van der Waals surface area contributed by atoms with Crippen molar-refractivity contribution in [1.82, 2.24) is 25.1 Å². The van der Waals surface area contributed by atoms with Crippen molar-refractivity contribution in [3.05, 3.63) is 5.82 Å². The monoisotopic (exact) mass is 249 g/mol. The van der Waals surface area contributed by atoms with Crippen LogP contribution in [-0.2, 0) is 7.05 Å². The largest absolute Gasteiger partial charge is 0.384 e. The molecule has 1 atom stereocenters. The van der Waals surface area contributed by atoms with E-state index in [9.17, 15) is 5.11 Å². The summed E-state index contributed by atoms with van der Waals surface area (Å²) in [5.74, 6) is 0.247. The van der Waals surface area contributed by atoms with Gasteiger partial charge in [-0.1, -0.05) is 0 Å². The van der Waals surface area contributed by atoms with Gasteiger partial charge in [0, 0.05) is 32.5 Å². The molecule has 0 fully saturated rings. The van der Waals surface area contributed by atoms with Gasteiger partial charge < -0.3 is 5.11 Å². The second kappa shape index (κ2) is 7.33. The smallest absolute Gasteiger partial charge is 0.204 e. The number of aliphatic hydroxyl groups is 1. The Hall–Kier alpha value is -2.03. The van der Waals surface area contributed by atoms with Gasteiger partial charge in [-0.15, -0.1) is 10.2 Å². The fourth-order valence-electron chi connectivity index (χ4n) is 1.47. The van der Waals surface area contributed by atoms with Crippen LogP contribution in [0.5, 0.6) is 0 Å². The van der Waals surface area contributed by atoms with E-state index in [1.165, 1.54) is 4.80 Å². The molecular formula is C10H15N7O. The normalized spacial score (nSPS) is 12.1. The Balaban J connectivity index is 2.53. The Morgan fingerprint density at radius 2 is 1.94 bits per heavy atom. The minimum absolute atomic E-state index is 0.247. The van der Waals surface area contributed by atoms with E-state index in [1.807, 2.05) is 17.0 Å². The zero-order valence-corrected chi connectivity index (χ0v) is 10.2. The average molecular weight is 249 g/mol. The maximum atomic E-state index is 9.92. The van der Waals surface area contributed by atoms with Crippen LogP contribution in [0.4, 0.5) is 0 Å². The molecule has 0 aliphatic heterocycles. The molecule has 18 heavy (non-hydrogen) atoms. The van der Waals surface area contributed by atoms with Crippen LogP contribution < -0.4 is 0 Å². The van der Waals surface area contributed by atoms with Gasteiger partial charge in [0.15, 0.2) is 0 Å². The van der Waals surface area contributed by atoms with E-state index in [0.29, 0.717) is 25.9 Å². The summed E-state index contributed by atoms with van der Waals surface area (Å²) in [5.41, 5.74) is 0. The highest BCUT2D eigenvalue weighted by Gasteiger charge is 2.17. The van der Waals surface area contributed by atoms with Gasteiger partial charge in [0.1, 0.15) is 6.10 Å². The van der Waals surface area contributed by atoms with Gasteiger partial charge >= 0.3 is 0 Å². The SMILES string of the molecule is Cn1nnc(C(O)CN(CCC#N)CCC#N)n1. The lowest BCUT2D eigenvalue weighted by Crippen LogP contribution is -2.31. The second-order valence-electron chi connectivity index (χ2n) is 3.77. The van der Waals surface area contributed by atoms with Crippen LogP contribution in [-0.4, -0.2) is 49.8 Å². The molecule has 0 bridgehead atoms. The van der Waals surface area contributed by atoms with Crippen molar-refractivity contribution in [3.8, 4) is 12.1 Å². The molecule has 1 aromatic heterocycles. The van der Waals surface area contributed by atoms with Crippen LogP contribution in [0.15, 0.2) is 0 Å². The van der Waals surface area contributed by atoms with Crippen molar-refractivity contribution in [2.24, 2.45) is 7.05 Å². The van der Waals surface area contributed by atoms with Crippen molar-refractivity contribution in [3.63, 3.8) is 0 Å². The maximum absolute atomic E-state index is 9.92. The van der Waals surface area contributed by atoms with Crippen LogP contribution in [0.3, 0.4) is 0 Å². The minimum atomic E-state index is -0.865. The first-order valence-electron chi connectivity index (χ1n) is 5.55. The number of hydrogen-bond donors (Lipinski definition) is 1. The Labute approximate surface area is 105 Å². The Morgan fingerprint density at radius 3 is 2.39 bits per heavy atom. The minimum Gasteiger partial charge on any atom is -0.384 e. The topological polar surface area (TPSA) is 115 Å². The number of aromatic nitrogens is 4. The Bertz CT molecular complexity index is 426. The number of rotatable bonds is 7.